The van der Waals surface area contributed by atoms with Crippen molar-refractivity contribution in [3.63, 3.8) is 0 Å². The molecule has 0 aliphatic heterocycles. The highest BCUT2D eigenvalue weighted by Gasteiger charge is 2.22. The molecule has 7 heteroatoms. The smallest absolute Gasteiger partial charge is 0.149 e. The monoisotopic (exact) mass is 375 g/mol. The molecule has 1 fully saturated rings. The van der Waals surface area contributed by atoms with Crippen molar-refractivity contribution in [1.82, 2.24) is 15.0 Å². The number of aryl methyl sites for hydroxylation is 1. The molecular formula is C12H18IN5O. The maximum atomic E-state index is 10.4. The number of rotatable bonds is 5. The predicted molar refractivity (Wildman–Crippen MR) is 81.7 cm³/mol. The van der Waals surface area contributed by atoms with Crippen molar-refractivity contribution in [1.29, 1.82) is 0 Å². The van der Waals surface area contributed by atoms with Gasteiger partial charge in [0.2, 0.25) is 0 Å². The minimum atomic E-state index is -0.881. The van der Waals surface area contributed by atoms with Gasteiger partial charge in [0, 0.05) is 31.1 Å². The Kier molecular flexibility index (Phi) is 4.56. The molecule has 0 amide bonds. The average Bonchev–Trinajstić information content (AvgIpc) is 3.08. The van der Waals surface area contributed by atoms with E-state index in [1.54, 1.807) is 20.2 Å². The van der Waals surface area contributed by atoms with Crippen LogP contribution in [0.4, 0.5) is 0 Å². The molecule has 1 saturated carbocycles. The minimum absolute atomic E-state index is 0.515. The zero-order valence-electron chi connectivity index (χ0n) is 11.0. The van der Waals surface area contributed by atoms with E-state index in [0.717, 1.165) is 6.54 Å². The van der Waals surface area contributed by atoms with E-state index in [4.69, 9.17) is 5.73 Å². The fourth-order valence-electron chi connectivity index (χ4n) is 1.70. The van der Waals surface area contributed by atoms with Crippen LogP contribution >= 0.6 is 22.6 Å². The van der Waals surface area contributed by atoms with E-state index in [1.165, 1.54) is 17.6 Å². The second kappa shape index (κ2) is 6.00. The van der Waals surface area contributed by atoms with Crippen LogP contribution in [0.5, 0.6) is 0 Å². The lowest BCUT2D eigenvalue weighted by Gasteiger charge is -2.11. The van der Waals surface area contributed by atoms with Gasteiger partial charge in [-0.3, -0.25) is 4.99 Å². The highest BCUT2D eigenvalue weighted by molar-refractivity contribution is 14.1. The zero-order chi connectivity index (χ0) is 14.0. The van der Waals surface area contributed by atoms with E-state index in [9.17, 15) is 5.11 Å². The number of halogens is 1. The number of aliphatic hydroxyl groups is 1. The minimum Gasteiger partial charge on any atom is -0.402 e. The first kappa shape index (κ1) is 14.4. The van der Waals surface area contributed by atoms with Crippen LogP contribution in [-0.4, -0.2) is 32.9 Å². The second-order valence-corrected chi connectivity index (χ2v) is 5.87. The van der Waals surface area contributed by atoms with Crippen molar-refractivity contribution in [2.24, 2.45) is 23.7 Å². The zero-order valence-corrected chi connectivity index (χ0v) is 13.2. The van der Waals surface area contributed by atoms with E-state index in [2.05, 4.69) is 15.2 Å². The van der Waals surface area contributed by atoms with Gasteiger partial charge < -0.3 is 10.8 Å². The van der Waals surface area contributed by atoms with Gasteiger partial charge >= 0.3 is 0 Å². The molecular weight excluding hydrogens is 357 g/mol. The van der Waals surface area contributed by atoms with Crippen LogP contribution < -0.4 is 5.73 Å². The number of aliphatic hydroxyl groups excluding tert-OH is 1. The summed E-state index contributed by atoms with van der Waals surface area (Å²) in [6, 6.07) is 0. The van der Waals surface area contributed by atoms with Crippen molar-refractivity contribution >= 4 is 28.8 Å². The molecule has 1 heterocycles. The Hall–Kier alpha value is -0.960. The molecule has 6 nitrogen and oxygen atoms in total. The molecule has 0 spiro atoms. The first-order chi connectivity index (χ1) is 8.99. The Morgan fingerprint density at radius 1 is 1.63 bits per heavy atom. The first-order valence-electron chi connectivity index (χ1n) is 6.20. The number of aliphatic imine (C=N–C) groups is 1. The molecule has 1 atom stereocenters. The molecule has 3 N–H and O–H groups in total. The van der Waals surface area contributed by atoms with Gasteiger partial charge in [0.15, 0.2) is 0 Å². The third-order valence-corrected chi connectivity index (χ3v) is 3.76. The number of hydrogen-bond donors (Lipinski definition) is 2. The quantitative estimate of drug-likeness (QED) is 0.597. The fourth-order valence-corrected chi connectivity index (χ4v) is 2.42. The van der Waals surface area contributed by atoms with Gasteiger partial charge in [-0.05, 0) is 48.3 Å². The maximum Gasteiger partial charge on any atom is 0.149 e. The fraction of sp³-hybridized carbons (Fsp3) is 0.583. The van der Waals surface area contributed by atoms with Crippen LogP contribution in [0.3, 0.4) is 0 Å². The van der Waals surface area contributed by atoms with Crippen LogP contribution in [0.25, 0.3) is 0 Å². The second-order valence-electron chi connectivity index (χ2n) is 4.84. The van der Waals surface area contributed by atoms with Crippen molar-refractivity contribution in [3.8, 4) is 0 Å². The summed E-state index contributed by atoms with van der Waals surface area (Å²) >= 11 is 2.05. The Morgan fingerprint density at radius 2 is 2.32 bits per heavy atom. The molecule has 1 unspecified atom stereocenters. The van der Waals surface area contributed by atoms with Gasteiger partial charge in [-0.15, -0.1) is 5.10 Å². The molecule has 0 bridgehead atoms. The van der Waals surface area contributed by atoms with Crippen LogP contribution in [0.15, 0.2) is 16.3 Å². The van der Waals surface area contributed by atoms with Crippen molar-refractivity contribution in [2.45, 2.75) is 25.9 Å². The SMILES string of the molecule is CC(N)=C(C=NCC1CC1)C(O)c1nn(C)nc1I. The molecule has 1 aromatic heterocycles. The molecule has 1 aliphatic carbocycles. The molecule has 104 valence electrons. The highest BCUT2D eigenvalue weighted by atomic mass is 127. The van der Waals surface area contributed by atoms with Crippen molar-refractivity contribution in [2.75, 3.05) is 6.54 Å². The summed E-state index contributed by atoms with van der Waals surface area (Å²) in [5.41, 5.74) is 7.50. The van der Waals surface area contributed by atoms with Gasteiger partial charge in [-0.25, -0.2) is 0 Å². The van der Waals surface area contributed by atoms with Crippen molar-refractivity contribution < 1.29 is 5.11 Å². The summed E-state index contributed by atoms with van der Waals surface area (Å²) in [5, 5.41) is 18.7. The van der Waals surface area contributed by atoms with Gasteiger partial charge in [-0.2, -0.15) is 9.90 Å². The average molecular weight is 375 g/mol. The van der Waals surface area contributed by atoms with Gasteiger partial charge in [0.05, 0.1) is 0 Å². The first-order valence-corrected chi connectivity index (χ1v) is 7.27. The van der Waals surface area contributed by atoms with Crippen LogP contribution in [-0.2, 0) is 7.05 Å². The Morgan fingerprint density at radius 3 is 2.79 bits per heavy atom. The Labute approximate surface area is 125 Å². The molecule has 19 heavy (non-hydrogen) atoms. The number of allylic oxidation sites excluding steroid dienone is 1. The number of nitrogens with zero attached hydrogens (tertiary/aromatic N) is 4. The van der Waals surface area contributed by atoms with Crippen LogP contribution in [0, 0.1) is 9.62 Å². The third-order valence-electron chi connectivity index (χ3n) is 3.00. The van der Waals surface area contributed by atoms with Gasteiger partial charge in [0.1, 0.15) is 15.5 Å². The summed E-state index contributed by atoms with van der Waals surface area (Å²) in [7, 11) is 1.72. The normalized spacial score (nSPS) is 18.7. The standard InChI is InChI=1S/C12H18IN5O/c1-7(14)9(6-15-5-8-3-4-8)11(19)10-12(13)17-18(2)16-10/h6,8,11,19H,3-5,14H2,1-2H3. The van der Waals surface area contributed by atoms with Crippen molar-refractivity contribution in [3.05, 3.63) is 20.7 Å². The molecule has 2 rings (SSSR count). The molecule has 1 aliphatic rings. The van der Waals surface area contributed by atoms with E-state index in [1.807, 2.05) is 22.6 Å². The molecule has 1 aromatic rings. The molecule has 0 saturated heterocycles. The number of hydrogen-bond acceptors (Lipinski definition) is 5. The number of aromatic nitrogens is 3. The van der Waals surface area contributed by atoms with Gasteiger partial charge in [0.25, 0.3) is 0 Å². The Bertz CT molecular complexity index is 514. The summed E-state index contributed by atoms with van der Waals surface area (Å²) in [6.07, 6.45) is 3.29. The van der Waals surface area contributed by atoms with Gasteiger partial charge in [-0.1, -0.05) is 0 Å². The van der Waals surface area contributed by atoms with E-state index >= 15 is 0 Å². The highest BCUT2D eigenvalue weighted by Crippen LogP contribution is 2.29. The number of nitrogens with two attached hydrogens (primary N) is 1. The lowest BCUT2D eigenvalue weighted by Crippen LogP contribution is -2.11. The third kappa shape index (κ3) is 3.75. The van der Waals surface area contributed by atoms with Crippen LogP contribution in [0.1, 0.15) is 31.6 Å². The van der Waals surface area contributed by atoms with E-state index < -0.39 is 6.10 Å². The Balaban J connectivity index is 2.16. The predicted octanol–water partition coefficient (Wildman–Crippen LogP) is 1.17. The molecule has 0 radical (unpaired) electrons. The topological polar surface area (TPSA) is 89.3 Å². The lowest BCUT2D eigenvalue weighted by atomic mass is 10.1. The summed E-state index contributed by atoms with van der Waals surface area (Å²) in [5.74, 6) is 0.712. The van der Waals surface area contributed by atoms with Crippen LogP contribution in [0.2, 0.25) is 0 Å². The summed E-state index contributed by atoms with van der Waals surface area (Å²) in [4.78, 5) is 5.79. The van der Waals surface area contributed by atoms with E-state index in [-0.39, 0.29) is 0 Å². The maximum absolute atomic E-state index is 10.4. The lowest BCUT2D eigenvalue weighted by molar-refractivity contribution is 0.214. The van der Waals surface area contributed by atoms with E-state index in [0.29, 0.717) is 26.6 Å². The summed E-state index contributed by atoms with van der Waals surface area (Å²) in [6.45, 7) is 2.56. The largest absolute Gasteiger partial charge is 0.402 e. The summed E-state index contributed by atoms with van der Waals surface area (Å²) < 4.78 is 0.668. The molecule has 0 aromatic carbocycles.